The molecule has 6 aromatic rings. The Morgan fingerprint density at radius 1 is 0.500 bits per heavy atom. The Bertz CT molecular complexity index is 1520. The molecule has 0 spiro atoms. The SMILES string of the molecule is Cc1ccc2c(c1)c1ccccc1n2-c1ccc2ccc3ccccc3c2c1. The fourth-order valence-corrected chi connectivity index (χ4v) is 4.49. The van der Waals surface area contributed by atoms with Crippen molar-refractivity contribution in [2.45, 2.75) is 6.92 Å². The molecule has 0 bridgehead atoms. The third-order valence-corrected chi connectivity index (χ3v) is 5.82. The van der Waals surface area contributed by atoms with Gasteiger partial charge in [-0.1, -0.05) is 72.3 Å². The number of aryl methyl sites for hydroxylation is 1. The molecule has 0 aliphatic carbocycles. The predicted octanol–water partition coefficient (Wildman–Crippen LogP) is 7.40. The fraction of sp³-hybridized carbons (Fsp3) is 0.0370. The summed E-state index contributed by atoms with van der Waals surface area (Å²) in [7, 11) is 0. The Morgan fingerprint density at radius 2 is 1.18 bits per heavy atom. The first-order valence-corrected chi connectivity index (χ1v) is 9.71. The lowest BCUT2D eigenvalue weighted by atomic mass is 10.0. The largest absolute Gasteiger partial charge is 0.309 e. The van der Waals surface area contributed by atoms with E-state index >= 15 is 0 Å². The van der Waals surface area contributed by atoms with E-state index in [1.165, 1.54) is 54.6 Å². The molecule has 0 atom stereocenters. The molecule has 0 N–H and O–H groups in total. The van der Waals surface area contributed by atoms with Gasteiger partial charge in [0.15, 0.2) is 0 Å². The predicted molar refractivity (Wildman–Crippen MR) is 121 cm³/mol. The molecular formula is C27H19N. The standard InChI is InChI=1S/C27H19N/c1-18-10-15-27-25(16-18)23-8-4-5-9-26(23)28(27)21-14-13-20-12-11-19-6-2-3-7-22(19)24(20)17-21/h2-17H,1H3. The zero-order chi connectivity index (χ0) is 18.7. The minimum Gasteiger partial charge on any atom is -0.309 e. The zero-order valence-electron chi connectivity index (χ0n) is 15.7. The van der Waals surface area contributed by atoms with Crippen LogP contribution in [0.1, 0.15) is 5.56 Å². The van der Waals surface area contributed by atoms with Gasteiger partial charge in [-0.3, -0.25) is 0 Å². The number of nitrogens with zero attached hydrogens (tertiary/aromatic N) is 1. The highest BCUT2D eigenvalue weighted by molar-refractivity contribution is 6.11. The Hall–Kier alpha value is -3.58. The molecule has 0 unspecified atom stereocenters. The maximum atomic E-state index is 2.39. The second-order valence-electron chi connectivity index (χ2n) is 7.57. The van der Waals surface area contributed by atoms with Crippen LogP contribution in [0.2, 0.25) is 0 Å². The number of para-hydroxylation sites is 1. The van der Waals surface area contributed by atoms with E-state index in [4.69, 9.17) is 0 Å². The molecule has 6 rings (SSSR count). The van der Waals surface area contributed by atoms with E-state index < -0.39 is 0 Å². The van der Waals surface area contributed by atoms with Crippen molar-refractivity contribution < 1.29 is 0 Å². The Kier molecular flexibility index (Phi) is 3.15. The van der Waals surface area contributed by atoms with Gasteiger partial charge in [-0.2, -0.15) is 0 Å². The molecule has 0 fully saturated rings. The van der Waals surface area contributed by atoms with E-state index in [2.05, 4.69) is 109 Å². The van der Waals surface area contributed by atoms with Crippen LogP contribution in [-0.4, -0.2) is 4.57 Å². The first-order valence-electron chi connectivity index (χ1n) is 9.71. The molecule has 1 heterocycles. The van der Waals surface area contributed by atoms with E-state index in [-0.39, 0.29) is 0 Å². The van der Waals surface area contributed by atoms with Crippen molar-refractivity contribution in [2.24, 2.45) is 0 Å². The van der Waals surface area contributed by atoms with Crippen LogP contribution in [0.4, 0.5) is 0 Å². The van der Waals surface area contributed by atoms with E-state index in [9.17, 15) is 0 Å². The van der Waals surface area contributed by atoms with Crippen LogP contribution in [-0.2, 0) is 0 Å². The van der Waals surface area contributed by atoms with Crippen LogP contribution in [0.3, 0.4) is 0 Å². The van der Waals surface area contributed by atoms with E-state index in [1.54, 1.807) is 0 Å². The lowest BCUT2D eigenvalue weighted by molar-refractivity contribution is 1.18. The summed E-state index contributed by atoms with van der Waals surface area (Å²) in [6.07, 6.45) is 0. The molecule has 0 aliphatic rings. The van der Waals surface area contributed by atoms with Crippen molar-refractivity contribution in [1.29, 1.82) is 0 Å². The summed E-state index contributed by atoms with van der Waals surface area (Å²) in [5, 5.41) is 7.78. The Labute approximate surface area is 163 Å². The first-order chi connectivity index (χ1) is 13.8. The number of hydrogen-bond acceptors (Lipinski definition) is 0. The number of rotatable bonds is 1. The third kappa shape index (κ3) is 2.13. The Morgan fingerprint density at radius 3 is 2.07 bits per heavy atom. The summed E-state index contributed by atoms with van der Waals surface area (Å²) >= 11 is 0. The maximum absolute atomic E-state index is 2.39. The van der Waals surface area contributed by atoms with Crippen LogP contribution in [0, 0.1) is 6.92 Å². The molecule has 28 heavy (non-hydrogen) atoms. The van der Waals surface area contributed by atoms with Gasteiger partial charge >= 0.3 is 0 Å². The molecule has 1 nitrogen and oxygen atoms in total. The summed E-state index contributed by atoms with van der Waals surface area (Å²) < 4.78 is 2.39. The fourth-order valence-electron chi connectivity index (χ4n) is 4.49. The molecule has 5 aromatic carbocycles. The smallest absolute Gasteiger partial charge is 0.0541 e. The summed E-state index contributed by atoms with van der Waals surface area (Å²) in [5.41, 5.74) is 5.01. The van der Waals surface area contributed by atoms with Crippen LogP contribution in [0.25, 0.3) is 49.0 Å². The average molecular weight is 357 g/mol. The van der Waals surface area contributed by atoms with Crippen molar-refractivity contribution in [3.63, 3.8) is 0 Å². The molecule has 0 saturated heterocycles. The molecule has 132 valence electrons. The maximum Gasteiger partial charge on any atom is 0.0541 e. The number of hydrogen-bond donors (Lipinski definition) is 0. The monoisotopic (exact) mass is 357 g/mol. The van der Waals surface area contributed by atoms with Crippen molar-refractivity contribution in [1.82, 2.24) is 4.57 Å². The van der Waals surface area contributed by atoms with Crippen molar-refractivity contribution in [3.05, 3.63) is 103 Å². The van der Waals surface area contributed by atoms with E-state index in [0.29, 0.717) is 0 Å². The lowest BCUT2D eigenvalue weighted by Gasteiger charge is -2.11. The van der Waals surface area contributed by atoms with Crippen LogP contribution in [0.15, 0.2) is 97.1 Å². The molecule has 0 saturated carbocycles. The van der Waals surface area contributed by atoms with Gasteiger partial charge in [0.25, 0.3) is 0 Å². The summed E-state index contributed by atoms with van der Waals surface area (Å²) in [6.45, 7) is 2.16. The zero-order valence-corrected chi connectivity index (χ0v) is 15.7. The minimum absolute atomic E-state index is 1.21. The topological polar surface area (TPSA) is 4.93 Å². The molecule has 0 amide bonds. The number of fused-ring (bicyclic) bond motifs is 6. The van der Waals surface area contributed by atoms with Crippen molar-refractivity contribution in [2.75, 3.05) is 0 Å². The highest BCUT2D eigenvalue weighted by atomic mass is 15.0. The average Bonchev–Trinajstić information content (AvgIpc) is 3.07. The summed E-state index contributed by atoms with van der Waals surface area (Å²) in [6, 6.07) is 35.3. The highest BCUT2D eigenvalue weighted by Gasteiger charge is 2.12. The van der Waals surface area contributed by atoms with Gasteiger partial charge in [-0.05, 0) is 58.8 Å². The third-order valence-electron chi connectivity index (χ3n) is 5.82. The van der Waals surface area contributed by atoms with Crippen LogP contribution in [0.5, 0.6) is 0 Å². The molecule has 0 aliphatic heterocycles. The Balaban J connectivity index is 1.75. The first kappa shape index (κ1) is 15.5. The van der Waals surface area contributed by atoms with Gasteiger partial charge in [-0.25, -0.2) is 0 Å². The molecule has 0 radical (unpaired) electrons. The number of aromatic nitrogens is 1. The highest BCUT2D eigenvalue weighted by Crippen LogP contribution is 2.34. The van der Waals surface area contributed by atoms with Crippen molar-refractivity contribution in [3.8, 4) is 5.69 Å². The molecule has 1 heteroatoms. The van der Waals surface area contributed by atoms with Gasteiger partial charge in [0.1, 0.15) is 0 Å². The second-order valence-corrected chi connectivity index (χ2v) is 7.57. The normalized spacial score (nSPS) is 11.8. The van der Waals surface area contributed by atoms with E-state index in [0.717, 1.165) is 0 Å². The second kappa shape index (κ2) is 5.71. The van der Waals surface area contributed by atoms with Crippen molar-refractivity contribution >= 4 is 43.4 Å². The van der Waals surface area contributed by atoms with Gasteiger partial charge in [0.2, 0.25) is 0 Å². The molecular weight excluding hydrogens is 338 g/mol. The van der Waals surface area contributed by atoms with E-state index in [1.807, 2.05) is 0 Å². The van der Waals surface area contributed by atoms with Gasteiger partial charge < -0.3 is 4.57 Å². The molecule has 1 aromatic heterocycles. The van der Waals surface area contributed by atoms with Gasteiger partial charge in [-0.15, -0.1) is 0 Å². The van der Waals surface area contributed by atoms with Crippen LogP contribution >= 0.6 is 0 Å². The number of benzene rings is 5. The minimum atomic E-state index is 1.21. The van der Waals surface area contributed by atoms with Gasteiger partial charge in [0, 0.05) is 16.5 Å². The quantitative estimate of drug-likeness (QED) is 0.270. The lowest BCUT2D eigenvalue weighted by Crippen LogP contribution is -1.94. The summed E-state index contributed by atoms with van der Waals surface area (Å²) in [5.74, 6) is 0. The van der Waals surface area contributed by atoms with Gasteiger partial charge in [0.05, 0.1) is 11.0 Å². The summed E-state index contributed by atoms with van der Waals surface area (Å²) in [4.78, 5) is 0. The van der Waals surface area contributed by atoms with Crippen LogP contribution < -0.4 is 0 Å².